The number of benzene rings is 2. The van der Waals surface area contributed by atoms with Gasteiger partial charge in [-0.2, -0.15) is 0 Å². The second kappa shape index (κ2) is 8.76. The molecular weight excluding hydrogens is 369 g/mol. The van der Waals surface area contributed by atoms with Gasteiger partial charge in [-0.1, -0.05) is 47.5 Å². The highest BCUT2D eigenvalue weighted by atomic mass is 35.5. The Hall–Kier alpha value is -1.75. The van der Waals surface area contributed by atoms with Crippen molar-refractivity contribution in [3.8, 4) is 0 Å². The summed E-state index contributed by atoms with van der Waals surface area (Å²) in [6.07, 6.45) is 0. The number of carbonyl (C=O) groups excluding carboxylic acids is 1. The zero-order valence-corrected chi connectivity index (χ0v) is 16.4. The van der Waals surface area contributed by atoms with Gasteiger partial charge in [0.2, 0.25) is 0 Å². The Kier molecular flexibility index (Phi) is 6.41. The quantitative estimate of drug-likeness (QED) is 0.819. The smallest absolute Gasteiger partial charge is 0.278 e. The van der Waals surface area contributed by atoms with Crippen LogP contribution in [0.1, 0.15) is 12.5 Å². The molecule has 0 spiro atoms. The fourth-order valence-electron chi connectivity index (χ4n) is 3.32. The van der Waals surface area contributed by atoms with Crippen molar-refractivity contribution in [3.63, 3.8) is 0 Å². The lowest BCUT2D eigenvalue weighted by atomic mass is 10.2. The first kappa shape index (κ1) is 19.0. The summed E-state index contributed by atoms with van der Waals surface area (Å²) in [5.41, 5.74) is 2.09. The number of quaternary nitrogens is 1. The number of halogens is 2. The lowest BCUT2D eigenvalue weighted by molar-refractivity contribution is -0.914. The zero-order valence-electron chi connectivity index (χ0n) is 14.8. The molecule has 1 atom stereocenters. The molecule has 0 aliphatic carbocycles. The Morgan fingerprint density at radius 1 is 1.15 bits per heavy atom. The van der Waals surface area contributed by atoms with Crippen molar-refractivity contribution in [2.45, 2.75) is 19.5 Å². The molecule has 138 valence electrons. The molecule has 4 nitrogen and oxygen atoms in total. The van der Waals surface area contributed by atoms with Crippen molar-refractivity contribution >= 4 is 34.8 Å². The molecular formula is C20H24Cl2N3O+. The van der Waals surface area contributed by atoms with Gasteiger partial charge in [0, 0.05) is 22.3 Å². The Morgan fingerprint density at radius 2 is 1.88 bits per heavy atom. The lowest BCUT2D eigenvalue weighted by Crippen LogP contribution is -3.19. The van der Waals surface area contributed by atoms with Crippen LogP contribution in [0.2, 0.25) is 10.0 Å². The summed E-state index contributed by atoms with van der Waals surface area (Å²) in [4.78, 5) is 16.1. The molecule has 2 aromatic rings. The van der Waals surface area contributed by atoms with E-state index < -0.39 is 0 Å². The monoisotopic (exact) mass is 392 g/mol. The number of anilines is 1. The molecule has 1 aliphatic rings. The Balaban J connectivity index is 1.50. The van der Waals surface area contributed by atoms with Crippen molar-refractivity contribution in [1.82, 2.24) is 5.32 Å². The average Bonchev–Trinajstić information content (AvgIpc) is 2.66. The first-order valence-corrected chi connectivity index (χ1v) is 9.66. The first-order valence-electron chi connectivity index (χ1n) is 8.91. The van der Waals surface area contributed by atoms with Crippen molar-refractivity contribution in [1.29, 1.82) is 0 Å². The number of hydrogen-bond acceptors (Lipinski definition) is 2. The molecule has 2 N–H and O–H groups in total. The number of nitrogens with zero attached hydrogens (tertiary/aromatic N) is 1. The van der Waals surface area contributed by atoms with E-state index in [1.807, 2.05) is 49.4 Å². The third-order valence-electron chi connectivity index (χ3n) is 5.00. The number of amides is 1. The van der Waals surface area contributed by atoms with Crippen LogP contribution in [0.3, 0.4) is 0 Å². The molecule has 6 heteroatoms. The minimum Gasteiger partial charge on any atom is -0.360 e. The maximum absolute atomic E-state index is 12.5. The van der Waals surface area contributed by atoms with E-state index >= 15 is 0 Å². The first-order chi connectivity index (χ1) is 12.5. The highest BCUT2D eigenvalue weighted by molar-refractivity contribution is 6.31. The predicted octanol–water partition coefficient (Wildman–Crippen LogP) is 2.40. The summed E-state index contributed by atoms with van der Waals surface area (Å²) in [5, 5.41) is 4.45. The van der Waals surface area contributed by atoms with Crippen LogP contribution in [0.5, 0.6) is 0 Å². The van der Waals surface area contributed by atoms with Crippen molar-refractivity contribution in [2.24, 2.45) is 0 Å². The number of piperazine rings is 1. The number of rotatable bonds is 5. The van der Waals surface area contributed by atoms with Gasteiger partial charge in [0.1, 0.15) is 0 Å². The maximum atomic E-state index is 12.5. The maximum Gasteiger partial charge on any atom is 0.278 e. The van der Waals surface area contributed by atoms with E-state index in [0.717, 1.165) is 42.5 Å². The molecule has 1 amide bonds. The van der Waals surface area contributed by atoms with Crippen molar-refractivity contribution in [2.75, 3.05) is 31.1 Å². The highest BCUT2D eigenvalue weighted by Gasteiger charge is 2.29. The second-order valence-electron chi connectivity index (χ2n) is 6.66. The van der Waals surface area contributed by atoms with Crippen LogP contribution < -0.4 is 15.1 Å². The fourth-order valence-corrected chi connectivity index (χ4v) is 3.71. The molecule has 1 heterocycles. The molecule has 0 unspecified atom stereocenters. The van der Waals surface area contributed by atoms with E-state index in [1.54, 1.807) is 0 Å². The normalized spacial score (nSPS) is 16.3. The second-order valence-corrected chi connectivity index (χ2v) is 7.50. The summed E-state index contributed by atoms with van der Waals surface area (Å²) >= 11 is 12.2. The predicted molar refractivity (Wildman–Crippen MR) is 107 cm³/mol. The standard InChI is InChI=1S/C20H23Cl2N3O/c1-15(20(26)23-14-16-5-2-3-8-19(16)22)24-9-11-25(12-10-24)18-7-4-6-17(21)13-18/h2-8,13,15H,9-12,14H2,1H3,(H,23,26)/p+1/t15-/m1/s1. The van der Waals surface area contributed by atoms with Gasteiger partial charge in [-0.05, 0) is 36.8 Å². The topological polar surface area (TPSA) is 36.8 Å². The lowest BCUT2D eigenvalue weighted by Gasteiger charge is -2.36. The molecule has 0 saturated carbocycles. The van der Waals surface area contributed by atoms with Crippen LogP contribution in [-0.4, -0.2) is 38.1 Å². The molecule has 1 fully saturated rings. The van der Waals surface area contributed by atoms with Crippen LogP contribution in [0.25, 0.3) is 0 Å². The van der Waals surface area contributed by atoms with E-state index in [0.29, 0.717) is 11.6 Å². The fraction of sp³-hybridized carbons (Fsp3) is 0.350. The molecule has 2 aromatic carbocycles. The van der Waals surface area contributed by atoms with Gasteiger partial charge in [-0.3, -0.25) is 4.79 Å². The van der Waals surface area contributed by atoms with Crippen LogP contribution in [0, 0.1) is 0 Å². The van der Waals surface area contributed by atoms with Gasteiger partial charge in [0.15, 0.2) is 6.04 Å². The van der Waals surface area contributed by atoms with Gasteiger partial charge in [-0.25, -0.2) is 0 Å². The van der Waals surface area contributed by atoms with Crippen LogP contribution in [0.4, 0.5) is 5.69 Å². The number of nitrogens with one attached hydrogen (secondary N) is 2. The average molecular weight is 393 g/mol. The minimum atomic E-state index is -0.0843. The molecule has 26 heavy (non-hydrogen) atoms. The Bertz CT molecular complexity index is 760. The summed E-state index contributed by atoms with van der Waals surface area (Å²) in [6.45, 7) is 6.13. The number of carbonyl (C=O) groups is 1. The Labute approximate surface area is 164 Å². The van der Waals surface area contributed by atoms with E-state index in [-0.39, 0.29) is 11.9 Å². The van der Waals surface area contributed by atoms with Gasteiger partial charge in [0.05, 0.1) is 26.2 Å². The van der Waals surface area contributed by atoms with E-state index in [9.17, 15) is 4.79 Å². The van der Waals surface area contributed by atoms with E-state index in [1.165, 1.54) is 4.90 Å². The zero-order chi connectivity index (χ0) is 18.5. The summed E-state index contributed by atoms with van der Waals surface area (Å²) in [7, 11) is 0. The summed E-state index contributed by atoms with van der Waals surface area (Å²) < 4.78 is 0. The molecule has 0 bridgehead atoms. The summed E-state index contributed by atoms with van der Waals surface area (Å²) in [6, 6.07) is 15.4. The van der Waals surface area contributed by atoms with Gasteiger partial charge in [-0.15, -0.1) is 0 Å². The van der Waals surface area contributed by atoms with Gasteiger partial charge >= 0.3 is 0 Å². The highest BCUT2D eigenvalue weighted by Crippen LogP contribution is 2.19. The third kappa shape index (κ3) is 4.70. The van der Waals surface area contributed by atoms with Gasteiger partial charge in [0.25, 0.3) is 5.91 Å². The molecule has 0 radical (unpaired) electrons. The van der Waals surface area contributed by atoms with Crippen LogP contribution in [0.15, 0.2) is 48.5 Å². The van der Waals surface area contributed by atoms with Crippen LogP contribution >= 0.6 is 23.2 Å². The SMILES string of the molecule is C[C@H](C(=O)NCc1ccccc1Cl)[NH+]1CCN(c2cccc(Cl)c2)CC1. The van der Waals surface area contributed by atoms with Crippen molar-refractivity contribution in [3.05, 3.63) is 64.1 Å². The summed E-state index contributed by atoms with van der Waals surface area (Å²) in [5.74, 6) is 0.0659. The minimum absolute atomic E-state index is 0.0659. The van der Waals surface area contributed by atoms with E-state index in [4.69, 9.17) is 23.2 Å². The van der Waals surface area contributed by atoms with Crippen LogP contribution in [-0.2, 0) is 11.3 Å². The number of hydrogen-bond donors (Lipinski definition) is 2. The largest absolute Gasteiger partial charge is 0.360 e. The molecule has 1 aliphatic heterocycles. The molecule has 0 aromatic heterocycles. The van der Waals surface area contributed by atoms with E-state index in [2.05, 4.69) is 16.3 Å². The van der Waals surface area contributed by atoms with Crippen molar-refractivity contribution < 1.29 is 9.69 Å². The van der Waals surface area contributed by atoms with Gasteiger partial charge < -0.3 is 15.1 Å². The third-order valence-corrected chi connectivity index (χ3v) is 5.60. The molecule has 3 rings (SSSR count). The Morgan fingerprint density at radius 3 is 2.58 bits per heavy atom. The molecule has 1 saturated heterocycles.